The van der Waals surface area contributed by atoms with Gasteiger partial charge in [0, 0.05) is 5.02 Å². The first-order valence-electron chi connectivity index (χ1n) is 10.1. The van der Waals surface area contributed by atoms with Crippen molar-refractivity contribution in [1.29, 1.82) is 0 Å². The smallest absolute Gasteiger partial charge is 0.250 e. The number of aromatic nitrogens is 2. The number of nitrogens with one attached hydrogen (secondary N) is 1. The highest BCUT2D eigenvalue weighted by molar-refractivity contribution is 6.31. The fraction of sp³-hybridized carbons (Fsp3) is 0.261. The van der Waals surface area contributed by atoms with Gasteiger partial charge in [0.1, 0.15) is 0 Å². The molecule has 0 saturated carbocycles. The third-order valence-electron chi connectivity index (χ3n) is 5.00. The molecule has 1 N–H and O–H groups in total. The van der Waals surface area contributed by atoms with Gasteiger partial charge in [-0.15, -0.1) is 5.10 Å². The van der Waals surface area contributed by atoms with Gasteiger partial charge in [-0.2, -0.15) is 5.10 Å². The number of halogens is 3. The van der Waals surface area contributed by atoms with E-state index in [-0.39, 0.29) is 22.7 Å². The minimum absolute atomic E-state index is 0.0494. The molecule has 2 heterocycles. The largest absolute Gasteiger partial charge is 0.434 e. The molecule has 1 unspecified atom stereocenters. The lowest BCUT2D eigenvalue weighted by molar-refractivity contribution is 0.0623. The van der Waals surface area contributed by atoms with E-state index in [1.165, 1.54) is 17.7 Å². The van der Waals surface area contributed by atoms with Gasteiger partial charge in [0.2, 0.25) is 5.88 Å². The topological polar surface area (TPSA) is 68.6 Å². The normalized spacial score (nSPS) is 15.8. The Morgan fingerprint density at radius 1 is 1.16 bits per heavy atom. The summed E-state index contributed by atoms with van der Waals surface area (Å²) in [7, 11) is 0. The SMILES string of the molecule is CCc1ccc(CC2CONC(c3cc(C)nnc3Oc3cccc(Cl)c3F)=N2)c(Cl)c1. The monoisotopic (exact) mass is 474 g/mol. The van der Waals surface area contributed by atoms with E-state index >= 15 is 0 Å². The van der Waals surface area contributed by atoms with E-state index in [9.17, 15) is 4.39 Å². The maximum atomic E-state index is 14.3. The number of hydrogen-bond donors (Lipinski definition) is 1. The van der Waals surface area contributed by atoms with Gasteiger partial charge in [0.05, 0.1) is 28.9 Å². The van der Waals surface area contributed by atoms with E-state index in [1.54, 1.807) is 19.1 Å². The molecule has 0 amide bonds. The lowest BCUT2D eigenvalue weighted by Crippen LogP contribution is -2.37. The number of ether oxygens (including phenoxy) is 1. The third-order valence-corrected chi connectivity index (χ3v) is 5.64. The molecule has 2 aromatic carbocycles. The molecule has 166 valence electrons. The highest BCUT2D eigenvalue weighted by Gasteiger charge is 2.23. The quantitative estimate of drug-likeness (QED) is 0.512. The summed E-state index contributed by atoms with van der Waals surface area (Å²) in [6, 6.07) is 12.1. The first-order chi connectivity index (χ1) is 15.4. The molecule has 0 bridgehead atoms. The molecular weight excluding hydrogens is 454 g/mol. The summed E-state index contributed by atoms with van der Waals surface area (Å²) in [6.45, 7) is 4.24. The molecule has 4 rings (SSSR count). The Balaban J connectivity index is 1.63. The van der Waals surface area contributed by atoms with Crippen molar-refractivity contribution in [2.75, 3.05) is 6.61 Å². The number of amidine groups is 1. The average molecular weight is 475 g/mol. The summed E-state index contributed by atoms with van der Waals surface area (Å²) >= 11 is 12.3. The molecule has 0 radical (unpaired) electrons. The molecule has 0 spiro atoms. The molecule has 6 nitrogen and oxygen atoms in total. The molecular formula is C23H21Cl2FN4O2. The Kier molecular flexibility index (Phi) is 6.89. The summed E-state index contributed by atoms with van der Waals surface area (Å²) in [5.41, 5.74) is 6.12. The number of rotatable bonds is 6. The van der Waals surface area contributed by atoms with Crippen LogP contribution in [0.4, 0.5) is 4.39 Å². The van der Waals surface area contributed by atoms with E-state index in [1.807, 2.05) is 12.1 Å². The number of nitrogens with zero attached hydrogens (tertiary/aromatic N) is 3. The summed E-state index contributed by atoms with van der Waals surface area (Å²) in [5, 5.41) is 8.77. The summed E-state index contributed by atoms with van der Waals surface area (Å²) in [6.07, 6.45) is 1.52. The Hall–Kier alpha value is -2.74. The number of aliphatic imine (C=N–C) groups is 1. The molecule has 3 aromatic rings. The van der Waals surface area contributed by atoms with Crippen molar-refractivity contribution < 1.29 is 14.0 Å². The van der Waals surface area contributed by atoms with Crippen LogP contribution in [0.15, 0.2) is 47.5 Å². The Labute approximate surface area is 195 Å². The van der Waals surface area contributed by atoms with Gasteiger partial charge in [0.15, 0.2) is 17.4 Å². The van der Waals surface area contributed by atoms with Gasteiger partial charge in [-0.3, -0.25) is 9.83 Å². The molecule has 9 heteroatoms. The van der Waals surface area contributed by atoms with Crippen molar-refractivity contribution in [2.24, 2.45) is 4.99 Å². The Bertz CT molecular complexity index is 1170. The van der Waals surface area contributed by atoms with Crippen LogP contribution in [0.3, 0.4) is 0 Å². The zero-order chi connectivity index (χ0) is 22.7. The van der Waals surface area contributed by atoms with E-state index in [2.05, 4.69) is 28.7 Å². The molecule has 32 heavy (non-hydrogen) atoms. The zero-order valence-electron chi connectivity index (χ0n) is 17.5. The zero-order valence-corrected chi connectivity index (χ0v) is 19.0. The van der Waals surface area contributed by atoms with Crippen molar-refractivity contribution in [3.63, 3.8) is 0 Å². The molecule has 1 atom stereocenters. The summed E-state index contributed by atoms with van der Waals surface area (Å²) in [5.74, 6) is -0.246. The second-order valence-corrected chi connectivity index (χ2v) is 8.20. The lowest BCUT2D eigenvalue weighted by atomic mass is 10.0. The standard InChI is InChI=1S/C23H21Cl2FN4O2/c1-3-14-7-8-15(19(25)10-14)11-16-12-31-30-22(27-16)17-9-13(2)28-29-23(17)32-20-6-4-5-18(24)21(20)26/h4-10,16H,3,11-12H2,1-2H3,(H,27,30). The highest BCUT2D eigenvalue weighted by atomic mass is 35.5. The second kappa shape index (κ2) is 9.81. The number of hydrogen-bond acceptors (Lipinski definition) is 6. The second-order valence-electron chi connectivity index (χ2n) is 7.39. The molecule has 0 aliphatic carbocycles. The van der Waals surface area contributed by atoms with Crippen molar-refractivity contribution in [1.82, 2.24) is 15.7 Å². The van der Waals surface area contributed by atoms with E-state index in [4.69, 9.17) is 37.8 Å². The average Bonchev–Trinajstić information content (AvgIpc) is 2.79. The first-order valence-corrected chi connectivity index (χ1v) is 10.9. The van der Waals surface area contributed by atoms with Gasteiger partial charge in [-0.1, -0.05) is 48.3 Å². The number of aryl methyl sites for hydroxylation is 2. The fourth-order valence-electron chi connectivity index (χ4n) is 3.30. The van der Waals surface area contributed by atoms with Crippen LogP contribution in [0.5, 0.6) is 11.6 Å². The molecule has 0 saturated heterocycles. The molecule has 1 aliphatic heterocycles. The lowest BCUT2D eigenvalue weighted by Gasteiger charge is -2.23. The van der Waals surface area contributed by atoms with Crippen LogP contribution in [0.1, 0.15) is 29.3 Å². The predicted molar refractivity (Wildman–Crippen MR) is 122 cm³/mol. The van der Waals surface area contributed by atoms with Crippen LogP contribution in [-0.4, -0.2) is 28.7 Å². The Morgan fingerprint density at radius 3 is 2.78 bits per heavy atom. The van der Waals surface area contributed by atoms with Gasteiger partial charge in [-0.05, 0) is 55.2 Å². The maximum Gasteiger partial charge on any atom is 0.250 e. The molecule has 1 aliphatic rings. The maximum absolute atomic E-state index is 14.3. The van der Waals surface area contributed by atoms with E-state index in [0.717, 1.165) is 12.0 Å². The van der Waals surface area contributed by atoms with Crippen molar-refractivity contribution in [2.45, 2.75) is 32.7 Å². The predicted octanol–water partition coefficient (Wildman–Crippen LogP) is 5.48. The molecule has 0 fully saturated rings. The van der Waals surface area contributed by atoms with Crippen molar-refractivity contribution in [3.8, 4) is 11.6 Å². The van der Waals surface area contributed by atoms with Crippen LogP contribution in [-0.2, 0) is 17.7 Å². The van der Waals surface area contributed by atoms with Gasteiger partial charge < -0.3 is 4.74 Å². The number of benzene rings is 2. The third kappa shape index (κ3) is 5.01. The van der Waals surface area contributed by atoms with Crippen LogP contribution in [0, 0.1) is 12.7 Å². The summed E-state index contributed by atoms with van der Waals surface area (Å²) in [4.78, 5) is 10.3. The molecule has 1 aromatic heterocycles. The number of hydroxylamine groups is 1. The van der Waals surface area contributed by atoms with Crippen LogP contribution in [0.25, 0.3) is 0 Å². The minimum Gasteiger partial charge on any atom is -0.434 e. The van der Waals surface area contributed by atoms with Crippen LogP contribution < -0.4 is 10.2 Å². The van der Waals surface area contributed by atoms with Crippen molar-refractivity contribution >= 4 is 29.0 Å². The van der Waals surface area contributed by atoms with Gasteiger partial charge in [0.25, 0.3) is 0 Å². The summed E-state index contributed by atoms with van der Waals surface area (Å²) < 4.78 is 20.0. The van der Waals surface area contributed by atoms with Gasteiger partial charge >= 0.3 is 0 Å². The highest BCUT2D eigenvalue weighted by Crippen LogP contribution is 2.30. The fourth-order valence-corrected chi connectivity index (χ4v) is 3.75. The van der Waals surface area contributed by atoms with Gasteiger partial charge in [-0.25, -0.2) is 9.87 Å². The Morgan fingerprint density at radius 2 is 2.00 bits per heavy atom. The van der Waals surface area contributed by atoms with E-state index in [0.29, 0.717) is 35.1 Å². The minimum atomic E-state index is -0.680. The first kappa shape index (κ1) is 22.5. The van der Waals surface area contributed by atoms with Crippen LogP contribution in [0.2, 0.25) is 10.0 Å². The van der Waals surface area contributed by atoms with Crippen LogP contribution >= 0.6 is 23.2 Å². The van der Waals surface area contributed by atoms with E-state index < -0.39 is 5.82 Å². The van der Waals surface area contributed by atoms with Crippen molar-refractivity contribution in [3.05, 3.63) is 80.7 Å².